The summed E-state index contributed by atoms with van der Waals surface area (Å²) in [5.74, 6) is -1.86. The number of amides is 2. The zero-order chi connectivity index (χ0) is 34.9. The van der Waals surface area contributed by atoms with E-state index < -0.39 is 42.4 Å². The monoisotopic (exact) mass is 673 g/mol. The lowest BCUT2D eigenvalue weighted by atomic mass is 9.87. The molecular formula is C36H43N5O6S. The van der Waals surface area contributed by atoms with E-state index in [1.807, 2.05) is 37.4 Å². The minimum atomic E-state index is -1.21. The third-order valence-corrected chi connectivity index (χ3v) is 9.69. The second-order valence-corrected chi connectivity index (χ2v) is 13.3. The van der Waals surface area contributed by atoms with Crippen LogP contribution >= 0.6 is 11.8 Å². The van der Waals surface area contributed by atoms with Crippen molar-refractivity contribution >= 4 is 57.8 Å². The molecule has 0 saturated heterocycles. The van der Waals surface area contributed by atoms with Crippen molar-refractivity contribution in [2.45, 2.75) is 70.0 Å². The van der Waals surface area contributed by atoms with Crippen LogP contribution in [0.15, 0.2) is 57.8 Å². The number of thioether (sulfide) groups is 1. The Morgan fingerprint density at radius 3 is 2.54 bits per heavy atom. The number of benzene rings is 3. The Morgan fingerprint density at radius 2 is 1.90 bits per heavy atom. The predicted molar refractivity (Wildman–Crippen MR) is 188 cm³/mol. The molecule has 48 heavy (non-hydrogen) atoms. The Morgan fingerprint density at radius 1 is 1.17 bits per heavy atom. The van der Waals surface area contributed by atoms with Crippen LogP contribution in [0.2, 0.25) is 0 Å². The molecule has 0 spiro atoms. The summed E-state index contributed by atoms with van der Waals surface area (Å²) in [6.45, 7) is 6.88. The van der Waals surface area contributed by atoms with Crippen molar-refractivity contribution in [3.05, 3.63) is 76.3 Å². The Bertz CT molecular complexity index is 1860. The van der Waals surface area contributed by atoms with Crippen LogP contribution in [0.5, 0.6) is 0 Å². The first kappa shape index (κ1) is 35.2. The highest BCUT2D eigenvalue weighted by Crippen LogP contribution is 2.43. The van der Waals surface area contributed by atoms with E-state index in [0.717, 1.165) is 16.0 Å². The third kappa shape index (κ3) is 6.50. The normalized spacial score (nSPS) is 16.2. The van der Waals surface area contributed by atoms with Gasteiger partial charge in [0.1, 0.15) is 5.52 Å². The van der Waals surface area contributed by atoms with Crippen LogP contribution in [-0.2, 0) is 17.6 Å². The molecule has 0 saturated carbocycles. The third-order valence-electron chi connectivity index (χ3n) is 8.87. The van der Waals surface area contributed by atoms with Crippen LogP contribution in [-0.4, -0.2) is 70.4 Å². The summed E-state index contributed by atoms with van der Waals surface area (Å²) < 4.78 is 6.06. The van der Waals surface area contributed by atoms with Gasteiger partial charge in [-0.1, -0.05) is 38.1 Å². The van der Waals surface area contributed by atoms with Gasteiger partial charge in [-0.05, 0) is 79.8 Å². The summed E-state index contributed by atoms with van der Waals surface area (Å²) in [4.78, 5) is 52.0. The number of carbonyl (C=O) groups is 3. The first-order valence-electron chi connectivity index (χ1n) is 16.1. The van der Waals surface area contributed by atoms with Crippen LogP contribution < -0.4 is 21.3 Å². The fraction of sp³-hybridized carbons (Fsp3) is 0.389. The molecule has 2 unspecified atom stereocenters. The lowest BCUT2D eigenvalue weighted by Gasteiger charge is -2.32. The lowest BCUT2D eigenvalue weighted by Crippen LogP contribution is -2.44. The van der Waals surface area contributed by atoms with Gasteiger partial charge in [-0.3, -0.25) is 24.2 Å². The van der Waals surface area contributed by atoms with Crippen LogP contribution in [0.4, 0.5) is 17.4 Å². The Hall–Kier alpha value is -4.07. The summed E-state index contributed by atoms with van der Waals surface area (Å²) in [5.41, 5.74) is 16.8. The van der Waals surface area contributed by atoms with Gasteiger partial charge in [-0.15, -0.1) is 11.8 Å². The van der Waals surface area contributed by atoms with E-state index in [2.05, 4.69) is 4.98 Å². The maximum Gasteiger partial charge on any atom is 0.305 e. The quantitative estimate of drug-likeness (QED) is 0.131. The number of nitrogens with two attached hydrogens (primary N) is 2. The second-order valence-electron chi connectivity index (χ2n) is 12.4. The van der Waals surface area contributed by atoms with Gasteiger partial charge in [0.2, 0.25) is 5.91 Å². The number of aryl methyl sites for hydroxylation is 1. The predicted octanol–water partition coefficient (Wildman–Crippen LogP) is 4.52. The van der Waals surface area contributed by atoms with E-state index in [4.69, 9.17) is 15.9 Å². The summed E-state index contributed by atoms with van der Waals surface area (Å²) >= 11 is 1.52. The Labute approximate surface area is 284 Å². The molecule has 0 radical (unpaired) electrons. The van der Waals surface area contributed by atoms with Crippen molar-refractivity contribution < 1.29 is 29.0 Å². The van der Waals surface area contributed by atoms with E-state index in [9.17, 15) is 24.6 Å². The molecule has 0 fully saturated rings. The highest BCUT2D eigenvalue weighted by Gasteiger charge is 2.39. The number of aliphatic hydroxyl groups excluding tert-OH is 2. The molecule has 4 aromatic rings. The zero-order valence-corrected chi connectivity index (χ0v) is 28.7. The van der Waals surface area contributed by atoms with E-state index in [0.29, 0.717) is 35.2 Å². The van der Waals surface area contributed by atoms with Crippen molar-refractivity contribution in [2.24, 2.45) is 17.4 Å². The number of para-hydroxylation sites is 1. The zero-order valence-electron chi connectivity index (χ0n) is 27.9. The van der Waals surface area contributed by atoms with Gasteiger partial charge in [-0.25, -0.2) is 0 Å². The average molecular weight is 674 g/mol. The van der Waals surface area contributed by atoms with E-state index in [1.165, 1.54) is 27.6 Å². The first-order chi connectivity index (χ1) is 22.9. The molecule has 12 heteroatoms. The van der Waals surface area contributed by atoms with Crippen molar-refractivity contribution in [2.75, 3.05) is 29.2 Å². The largest absolute Gasteiger partial charge is 0.423 e. The molecule has 2 amide bonds. The van der Waals surface area contributed by atoms with Gasteiger partial charge in [0.25, 0.3) is 5.91 Å². The summed E-state index contributed by atoms with van der Waals surface area (Å²) in [5, 5.41) is 20.4. The van der Waals surface area contributed by atoms with E-state index in [-0.39, 0.29) is 41.7 Å². The van der Waals surface area contributed by atoms with Gasteiger partial charge in [0, 0.05) is 23.4 Å². The molecule has 1 aromatic heterocycles. The SMILES string of the molecule is CCN(C(=O)c1ccc(C[C@H](O)CO)c(C(=O)C(N)C(C)C)c1N1C(=O)C(N)CCc2c(SC)cccc21)c1nc2c(C)cccc2o1. The molecule has 6 N–H and O–H groups in total. The number of rotatable bonds is 11. The number of aromatic nitrogens is 1. The number of aliphatic hydroxyl groups is 2. The Kier molecular flexibility index (Phi) is 10.7. The first-order valence-corrected chi connectivity index (χ1v) is 17.3. The summed E-state index contributed by atoms with van der Waals surface area (Å²) in [7, 11) is 0. The van der Waals surface area contributed by atoms with Crippen molar-refractivity contribution in [1.29, 1.82) is 0 Å². The maximum atomic E-state index is 14.8. The van der Waals surface area contributed by atoms with E-state index in [1.54, 1.807) is 39.0 Å². The van der Waals surface area contributed by atoms with Crippen LogP contribution in [0.3, 0.4) is 0 Å². The maximum absolute atomic E-state index is 14.8. The molecule has 11 nitrogen and oxygen atoms in total. The van der Waals surface area contributed by atoms with Gasteiger partial charge in [0.15, 0.2) is 11.4 Å². The number of carbonyl (C=O) groups excluding carboxylic acids is 3. The molecule has 254 valence electrons. The Balaban J connectivity index is 1.86. The molecule has 5 rings (SSSR count). The smallest absolute Gasteiger partial charge is 0.305 e. The highest BCUT2D eigenvalue weighted by molar-refractivity contribution is 7.98. The average Bonchev–Trinajstić information content (AvgIpc) is 3.47. The number of ketones is 1. The second kappa shape index (κ2) is 14.6. The number of anilines is 3. The van der Waals surface area contributed by atoms with Crippen LogP contribution in [0, 0.1) is 12.8 Å². The fourth-order valence-electron chi connectivity index (χ4n) is 6.12. The molecule has 3 aromatic carbocycles. The molecule has 0 aliphatic carbocycles. The van der Waals surface area contributed by atoms with Crippen molar-refractivity contribution in [3.63, 3.8) is 0 Å². The molecule has 0 bridgehead atoms. The van der Waals surface area contributed by atoms with Crippen LogP contribution in [0.1, 0.15) is 64.6 Å². The molecule has 1 aliphatic rings. The standard InChI is InChI=1S/C36H43N5O6S/c1-6-40(36-39-31-20(4)9-7-11-27(31)47-36)34(45)24-14-13-21(17-22(43)18-42)29(33(44)30(38)19(2)3)32(24)41-26-10-8-12-28(48-5)23(26)15-16-25(37)35(41)46/h7-14,19,22,25,30,42-43H,6,15-18,37-38H2,1-5H3/t22-,25?,30?/m0/s1. The minimum absolute atomic E-state index is 0.0157. The highest BCUT2D eigenvalue weighted by atomic mass is 32.2. The molecule has 2 heterocycles. The van der Waals surface area contributed by atoms with Gasteiger partial charge < -0.3 is 26.1 Å². The fourth-order valence-corrected chi connectivity index (χ4v) is 6.78. The topological polar surface area (TPSA) is 176 Å². The lowest BCUT2D eigenvalue weighted by molar-refractivity contribution is -0.119. The molecule has 1 aliphatic heterocycles. The summed E-state index contributed by atoms with van der Waals surface area (Å²) in [6.07, 6.45) is 1.45. The number of oxazole rings is 1. The van der Waals surface area contributed by atoms with Crippen LogP contribution in [0.25, 0.3) is 11.1 Å². The number of fused-ring (bicyclic) bond motifs is 2. The number of Topliss-reactive ketones (excluding diaryl/α,β-unsaturated/α-hetero) is 1. The molecule has 3 atom stereocenters. The van der Waals surface area contributed by atoms with E-state index >= 15 is 0 Å². The molecular weight excluding hydrogens is 630 g/mol. The summed E-state index contributed by atoms with van der Waals surface area (Å²) in [6, 6.07) is 12.3. The number of nitrogens with zero attached hydrogens (tertiary/aromatic N) is 3. The van der Waals surface area contributed by atoms with Gasteiger partial charge in [-0.2, -0.15) is 4.98 Å². The van der Waals surface area contributed by atoms with Gasteiger partial charge >= 0.3 is 6.01 Å². The minimum Gasteiger partial charge on any atom is -0.423 e. The van der Waals surface area contributed by atoms with Crippen molar-refractivity contribution in [3.8, 4) is 0 Å². The number of hydrogen-bond acceptors (Lipinski definition) is 10. The van der Waals surface area contributed by atoms with Gasteiger partial charge in [0.05, 0.1) is 41.7 Å². The number of hydrogen-bond donors (Lipinski definition) is 4. The van der Waals surface area contributed by atoms with Crippen molar-refractivity contribution in [1.82, 2.24) is 4.98 Å².